The van der Waals surface area contributed by atoms with E-state index in [9.17, 15) is 13.2 Å². The first-order valence-corrected chi connectivity index (χ1v) is 10.3. The lowest BCUT2D eigenvalue weighted by molar-refractivity contribution is -0.274. The number of fused-ring (bicyclic) bond motifs is 1. The first-order chi connectivity index (χ1) is 15.0. The van der Waals surface area contributed by atoms with E-state index in [1.165, 1.54) is 43.4 Å². The van der Waals surface area contributed by atoms with Gasteiger partial charge in [-0.25, -0.2) is 15.0 Å². The Labute approximate surface area is 177 Å². The molecular formula is C21H24F3N5O2. The van der Waals surface area contributed by atoms with Crippen LogP contribution in [0.25, 0.3) is 11.2 Å². The molecule has 2 aromatic heterocycles. The van der Waals surface area contributed by atoms with Gasteiger partial charge in [0, 0.05) is 25.4 Å². The van der Waals surface area contributed by atoms with Crippen LogP contribution >= 0.6 is 0 Å². The Balaban J connectivity index is 1.43. The van der Waals surface area contributed by atoms with Gasteiger partial charge in [-0.2, -0.15) is 0 Å². The Morgan fingerprint density at radius 2 is 1.90 bits per heavy atom. The highest BCUT2D eigenvalue weighted by Crippen LogP contribution is 2.27. The molecule has 1 N–H and O–H groups in total. The number of imidazole rings is 1. The summed E-state index contributed by atoms with van der Waals surface area (Å²) in [6, 6.07) is 5.46. The average Bonchev–Trinajstić information content (AvgIpc) is 3.12. The number of hydrogen-bond acceptors (Lipinski definition) is 6. The molecule has 31 heavy (non-hydrogen) atoms. The Bertz CT molecular complexity index is 983. The first-order valence-electron chi connectivity index (χ1n) is 10.3. The highest BCUT2D eigenvalue weighted by Gasteiger charge is 2.31. The number of nitrogens with zero attached hydrogens (tertiary/aromatic N) is 4. The maximum atomic E-state index is 12.3. The number of ether oxygens (including phenoxy) is 2. The molecule has 1 aromatic carbocycles. The van der Waals surface area contributed by atoms with Crippen molar-refractivity contribution in [1.82, 2.24) is 19.5 Å². The number of halogens is 3. The number of rotatable bonds is 6. The summed E-state index contributed by atoms with van der Waals surface area (Å²) < 4.78 is 48.5. The molecular weight excluding hydrogens is 411 g/mol. The second kappa shape index (κ2) is 9.51. The second-order valence-electron chi connectivity index (χ2n) is 7.58. The molecule has 1 aliphatic heterocycles. The molecule has 0 bridgehead atoms. The molecule has 1 unspecified atom stereocenters. The van der Waals surface area contributed by atoms with E-state index in [-0.39, 0.29) is 5.75 Å². The molecule has 1 atom stereocenters. The fourth-order valence-corrected chi connectivity index (χ4v) is 3.76. The molecule has 0 amide bonds. The van der Waals surface area contributed by atoms with Gasteiger partial charge in [-0.3, -0.25) is 0 Å². The maximum absolute atomic E-state index is 12.3. The zero-order valence-corrected chi connectivity index (χ0v) is 16.9. The van der Waals surface area contributed by atoms with Gasteiger partial charge >= 0.3 is 6.36 Å². The minimum absolute atomic E-state index is 0.283. The molecule has 0 spiro atoms. The summed E-state index contributed by atoms with van der Waals surface area (Å²) >= 11 is 0. The summed E-state index contributed by atoms with van der Waals surface area (Å²) in [7, 11) is 0. The molecule has 0 aliphatic carbocycles. The minimum Gasteiger partial charge on any atom is -0.406 e. The number of anilines is 2. The maximum Gasteiger partial charge on any atom is 0.573 e. The highest BCUT2D eigenvalue weighted by atomic mass is 19.4. The predicted molar refractivity (Wildman–Crippen MR) is 109 cm³/mol. The third kappa shape index (κ3) is 5.84. The van der Waals surface area contributed by atoms with Crippen LogP contribution in [0.4, 0.5) is 24.7 Å². The average molecular weight is 435 g/mol. The van der Waals surface area contributed by atoms with Crippen LogP contribution in [0.2, 0.25) is 0 Å². The standard InChI is InChI=1S/C21H24F3N5O2/c22-21(23,24)31-17-6-4-16(5-7-17)28-19-18-20(26-13-25-19)29(14-27-18)10-8-15-3-1-2-11-30-12-9-15/h4-7,13-15H,1-3,8-12H2,(H,25,26,28). The number of alkyl halides is 3. The van der Waals surface area contributed by atoms with Crippen molar-refractivity contribution in [2.75, 3.05) is 18.5 Å². The predicted octanol–water partition coefficient (Wildman–Crippen LogP) is 5.07. The molecule has 1 saturated heterocycles. The van der Waals surface area contributed by atoms with Crippen molar-refractivity contribution in [3.05, 3.63) is 36.9 Å². The molecule has 166 valence electrons. The second-order valence-corrected chi connectivity index (χ2v) is 7.58. The van der Waals surface area contributed by atoms with E-state index >= 15 is 0 Å². The number of hydrogen-bond donors (Lipinski definition) is 1. The summed E-state index contributed by atoms with van der Waals surface area (Å²) in [6.07, 6.45) is 4.12. The van der Waals surface area contributed by atoms with Crippen LogP contribution in [0, 0.1) is 5.92 Å². The van der Waals surface area contributed by atoms with Crippen molar-refractivity contribution in [2.45, 2.75) is 45.0 Å². The van der Waals surface area contributed by atoms with Crippen molar-refractivity contribution in [3.63, 3.8) is 0 Å². The minimum atomic E-state index is -4.72. The molecule has 3 aromatic rings. The van der Waals surface area contributed by atoms with E-state index in [2.05, 4.69) is 25.0 Å². The smallest absolute Gasteiger partial charge is 0.406 e. The summed E-state index contributed by atoms with van der Waals surface area (Å²) in [4.78, 5) is 13.1. The fraction of sp³-hybridized carbons (Fsp3) is 0.476. The monoisotopic (exact) mass is 435 g/mol. The lowest BCUT2D eigenvalue weighted by Crippen LogP contribution is -2.16. The van der Waals surface area contributed by atoms with Gasteiger partial charge in [0.15, 0.2) is 17.0 Å². The summed E-state index contributed by atoms with van der Waals surface area (Å²) in [6.45, 7) is 2.49. The van der Waals surface area contributed by atoms with Crippen molar-refractivity contribution < 1.29 is 22.6 Å². The van der Waals surface area contributed by atoms with Crippen LogP contribution < -0.4 is 10.1 Å². The van der Waals surface area contributed by atoms with E-state index in [1.54, 1.807) is 6.33 Å². The molecule has 1 fully saturated rings. The van der Waals surface area contributed by atoms with Gasteiger partial charge in [0.1, 0.15) is 12.1 Å². The topological polar surface area (TPSA) is 74.1 Å². The molecule has 0 radical (unpaired) electrons. The van der Waals surface area contributed by atoms with Crippen LogP contribution in [-0.4, -0.2) is 39.1 Å². The van der Waals surface area contributed by atoms with Crippen LogP contribution in [0.3, 0.4) is 0 Å². The van der Waals surface area contributed by atoms with Gasteiger partial charge in [0.2, 0.25) is 0 Å². The number of aromatic nitrogens is 4. The van der Waals surface area contributed by atoms with E-state index in [0.717, 1.165) is 44.7 Å². The third-order valence-corrected chi connectivity index (χ3v) is 5.35. The quantitative estimate of drug-likeness (QED) is 0.583. The van der Waals surface area contributed by atoms with Gasteiger partial charge in [-0.1, -0.05) is 12.8 Å². The van der Waals surface area contributed by atoms with Gasteiger partial charge < -0.3 is 19.4 Å². The Hall–Kier alpha value is -2.88. The summed E-state index contributed by atoms with van der Waals surface area (Å²) in [5.41, 5.74) is 1.90. The van der Waals surface area contributed by atoms with E-state index < -0.39 is 6.36 Å². The van der Waals surface area contributed by atoms with E-state index in [1.807, 2.05) is 4.57 Å². The molecule has 7 nitrogen and oxygen atoms in total. The van der Waals surface area contributed by atoms with E-state index in [4.69, 9.17) is 4.74 Å². The normalized spacial score (nSPS) is 17.8. The molecule has 0 saturated carbocycles. The van der Waals surface area contributed by atoms with Crippen molar-refractivity contribution in [1.29, 1.82) is 0 Å². The van der Waals surface area contributed by atoms with Crippen LogP contribution in [-0.2, 0) is 11.3 Å². The third-order valence-electron chi connectivity index (χ3n) is 5.35. The number of aryl methyl sites for hydroxylation is 1. The highest BCUT2D eigenvalue weighted by molar-refractivity contribution is 5.85. The van der Waals surface area contributed by atoms with Crippen LogP contribution in [0.15, 0.2) is 36.9 Å². The van der Waals surface area contributed by atoms with Crippen LogP contribution in [0.1, 0.15) is 32.1 Å². The lowest BCUT2D eigenvalue weighted by Gasteiger charge is -2.20. The van der Waals surface area contributed by atoms with E-state index in [0.29, 0.717) is 22.9 Å². The molecule has 1 aliphatic rings. The van der Waals surface area contributed by atoms with Gasteiger partial charge in [-0.15, -0.1) is 13.2 Å². The van der Waals surface area contributed by atoms with Crippen molar-refractivity contribution >= 4 is 22.7 Å². The number of nitrogens with one attached hydrogen (secondary N) is 1. The lowest BCUT2D eigenvalue weighted by atomic mass is 9.94. The first kappa shape index (κ1) is 21.4. The summed E-state index contributed by atoms with van der Waals surface area (Å²) in [5, 5.41) is 3.09. The van der Waals surface area contributed by atoms with Crippen molar-refractivity contribution in [2.24, 2.45) is 5.92 Å². The van der Waals surface area contributed by atoms with Gasteiger partial charge in [0.25, 0.3) is 0 Å². The number of benzene rings is 1. The van der Waals surface area contributed by atoms with Crippen LogP contribution in [0.5, 0.6) is 5.75 Å². The molecule has 10 heteroatoms. The Kier molecular flexibility index (Phi) is 6.55. The summed E-state index contributed by atoms with van der Waals surface area (Å²) in [5.74, 6) is 0.831. The van der Waals surface area contributed by atoms with Gasteiger partial charge in [-0.05, 0) is 49.4 Å². The molecule has 4 rings (SSSR count). The zero-order chi connectivity index (χ0) is 21.7. The largest absolute Gasteiger partial charge is 0.573 e. The molecule has 3 heterocycles. The van der Waals surface area contributed by atoms with Crippen molar-refractivity contribution in [3.8, 4) is 5.75 Å². The SMILES string of the molecule is FC(F)(F)Oc1ccc(Nc2ncnc3c2ncn3CCC2CCCCOCC2)cc1. The zero-order valence-electron chi connectivity index (χ0n) is 16.9. The fourth-order valence-electron chi connectivity index (χ4n) is 3.76. The Morgan fingerprint density at radius 1 is 1.06 bits per heavy atom. The Morgan fingerprint density at radius 3 is 2.71 bits per heavy atom. The van der Waals surface area contributed by atoms with Gasteiger partial charge in [0.05, 0.1) is 6.33 Å².